The Labute approximate surface area is 94.0 Å². The van der Waals surface area contributed by atoms with Crippen molar-refractivity contribution >= 4 is 12.2 Å². The quantitative estimate of drug-likeness (QED) is 0.780. The van der Waals surface area contributed by atoms with Gasteiger partial charge in [0.2, 0.25) is 0 Å². The van der Waals surface area contributed by atoms with E-state index in [0.717, 1.165) is 23.5 Å². The molecule has 2 rings (SSSR count). The van der Waals surface area contributed by atoms with Crippen LogP contribution in [0.4, 0.5) is 0 Å². The maximum Gasteiger partial charge on any atom is 0.139 e. The molecule has 0 saturated carbocycles. The lowest BCUT2D eigenvalue weighted by Crippen LogP contribution is -1.94. The molecule has 1 aromatic carbocycles. The Morgan fingerprint density at radius 2 is 2.00 bits per heavy atom. The fraction of sp³-hybridized carbons (Fsp3) is 0.167. The molecule has 0 aliphatic heterocycles. The van der Waals surface area contributed by atoms with Crippen molar-refractivity contribution in [3.05, 3.63) is 46.7 Å². The van der Waals surface area contributed by atoms with Gasteiger partial charge in [0.1, 0.15) is 10.5 Å². The third-order valence-electron chi connectivity index (χ3n) is 2.23. The van der Waals surface area contributed by atoms with E-state index in [-0.39, 0.29) is 0 Å². The summed E-state index contributed by atoms with van der Waals surface area (Å²) in [5.41, 5.74) is 2.19. The second-order valence-corrected chi connectivity index (χ2v) is 3.73. The molecule has 0 bridgehead atoms. The van der Waals surface area contributed by atoms with E-state index in [9.17, 15) is 0 Å². The summed E-state index contributed by atoms with van der Waals surface area (Å²) in [7, 11) is 0. The van der Waals surface area contributed by atoms with Gasteiger partial charge in [0.15, 0.2) is 0 Å². The molecular weight excluding hydrogens is 204 g/mol. The van der Waals surface area contributed by atoms with Gasteiger partial charge >= 0.3 is 0 Å². The molecule has 2 nitrogen and oxygen atoms in total. The minimum absolute atomic E-state index is 0.643. The second-order valence-electron chi connectivity index (χ2n) is 3.31. The zero-order chi connectivity index (χ0) is 10.7. The van der Waals surface area contributed by atoms with Crippen LogP contribution >= 0.6 is 12.2 Å². The normalized spacial score (nSPS) is 10.2. The maximum atomic E-state index is 5.12. The first-order chi connectivity index (χ1) is 7.29. The highest BCUT2D eigenvalue weighted by molar-refractivity contribution is 7.71. The summed E-state index contributed by atoms with van der Waals surface area (Å²) in [6, 6.07) is 11.9. The van der Waals surface area contributed by atoms with Crippen LogP contribution in [0.2, 0.25) is 0 Å². The Hall–Kier alpha value is -1.48. The van der Waals surface area contributed by atoms with Crippen LogP contribution in [0.15, 0.2) is 36.4 Å². The number of hydrogen-bond donors (Lipinski definition) is 1. The summed E-state index contributed by atoms with van der Waals surface area (Å²) < 4.78 is 0.643. The summed E-state index contributed by atoms with van der Waals surface area (Å²) in [6.07, 6.45) is 0.937. The van der Waals surface area contributed by atoms with Gasteiger partial charge in [-0.2, -0.15) is 0 Å². The minimum Gasteiger partial charge on any atom is -0.343 e. The van der Waals surface area contributed by atoms with Crippen molar-refractivity contribution in [2.24, 2.45) is 0 Å². The van der Waals surface area contributed by atoms with E-state index in [1.807, 2.05) is 36.4 Å². The van der Waals surface area contributed by atoms with E-state index in [4.69, 9.17) is 12.2 Å². The summed E-state index contributed by atoms with van der Waals surface area (Å²) in [4.78, 5) is 7.58. The Bertz CT molecular complexity index is 503. The van der Waals surface area contributed by atoms with Crippen LogP contribution in [-0.2, 0) is 6.42 Å². The van der Waals surface area contributed by atoms with Crippen LogP contribution in [0.25, 0.3) is 11.4 Å². The molecule has 0 atom stereocenters. The molecule has 15 heavy (non-hydrogen) atoms. The van der Waals surface area contributed by atoms with Crippen molar-refractivity contribution in [3.8, 4) is 11.4 Å². The van der Waals surface area contributed by atoms with Gasteiger partial charge in [-0.1, -0.05) is 49.5 Å². The number of rotatable bonds is 2. The third-order valence-corrected chi connectivity index (χ3v) is 2.44. The Balaban J connectivity index is 2.54. The van der Waals surface area contributed by atoms with Gasteiger partial charge in [-0.25, -0.2) is 4.98 Å². The standard InChI is InChI=1S/C12H12N2S/c1-2-10-8-11(15)14-12(13-10)9-6-4-3-5-7-9/h3-8H,2H2,1H3,(H,13,14,15). The molecule has 2 aromatic rings. The van der Waals surface area contributed by atoms with Gasteiger partial charge < -0.3 is 4.98 Å². The zero-order valence-electron chi connectivity index (χ0n) is 8.53. The molecule has 0 unspecified atom stereocenters. The van der Waals surface area contributed by atoms with E-state index in [1.165, 1.54) is 0 Å². The molecule has 0 spiro atoms. The fourth-order valence-corrected chi connectivity index (χ4v) is 1.66. The lowest BCUT2D eigenvalue weighted by molar-refractivity contribution is 0.999. The van der Waals surface area contributed by atoms with Crippen molar-refractivity contribution in [3.63, 3.8) is 0 Å². The molecule has 0 radical (unpaired) electrons. The number of aromatic nitrogens is 2. The molecule has 76 valence electrons. The Kier molecular flexibility index (Phi) is 2.92. The fourth-order valence-electron chi connectivity index (χ4n) is 1.43. The van der Waals surface area contributed by atoms with Gasteiger partial charge in [-0.05, 0) is 12.5 Å². The summed E-state index contributed by atoms with van der Waals surface area (Å²) >= 11 is 5.12. The molecular formula is C12H12N2S. The lowest BCUT2D eigenvalue weighted by Gasteiger charge is -2.03. The number of nitrogens with one attached hydrogen (secondary N) is 1. The molecule has 0 aliphatic carbocycles. The summed E-state index contributed by atoms with van der Waals surface area (Å²) in [5, 5.41) is 0. The largest absolute Gasteiger partial charge is 0.343 e. The van der Waals surface area contributed by atoms with Gasteiger partial charge in [0.05, 0.1) is 0 Å². The van der Waals surface area contributed by atoms with Crippen molar-refractivity contribution < 1.29 is 0 Å². The SMILES string of the molecule is CCc1cc(=S)nc(-c2ccccc2)[nH]1. The minimum atomic E-state index is 0.643. The second kappa shape index (κ2) is 4.36. The predicted molar refractivity (Wildman–Crippen MR) is 64.2 cm³/mol. The highest BCUT2D eigenvalue weighted by Gasteiger charge is 1.99. The van der Waals surface area contributed by atoms with Crippen LogP contribution in [0.3, 0.4) is 0 Å². The monoisotopic (exact) mass is 216 g/mol. The number of hydrogen-bond acceptors (Lipinski definition) is 2. The number of benzene rings is 1. The highest BCUT2D eigenvalue weighted by Crippen LogP contribution is 2.14. The highest BCUT2D eigenvalue weighted by atomic mass is 32.1. The zero-order valence-corrected chi connectivity index (χ0v) is 9.34. The molecule has 0 aliphatic rings. The topological polar surface area (TPSA) is 28.7 Å². The van der Waals surface area contributed by atoms with Crippen LogP contribution in [-0.4, -0.2) is 9.97 Å². The van der Waals surface area contributed by atoms with Gasteiger partial charge in [0.25, 0.3) is 0 Å². The maximum absolute atomic E-state index is 5.12. The van der Waals surface area contributed by atoms with Crippen LogP contribution < -0.4 is 0 Å². The first kappa shape index (κ1) is 10.1. The van der Waals surface area contributed by atoms with Gasteiger partial charge in [-0.15, -0.1) is 0 Å². The van der Waals surface area contributed by atoms with Crippen molar-refractivity contribution in [2.45, 2.75) is 13.3 Å². The first-order valence-corrected chi connectivity index (χ1v) is 5.36. The smallest absolute Gasteiger partial charge is 0.139 e. The van der Waals surface area contributed by atoms with E-state index < -0.39 is 0 Å². The molecule has 0 fully saturated rings. The summed E-state index contributed by atoms with van der Waals surface area (Å²) in [5.74, 6) is 0.847. The van der Waals surface area contributed by atoms with E-state index in [1.54, 1.807) is 0 Å². The molecule has 3 heteroatoms. The molecule has 1 N–H and O–H groups in total. The number of nitrogens with zero attached hydrogens (tertiary/aromatic N) is 1. The van der Waals surface area contributed by atoms with Crippen molar-refractivity contribution in [1.29, 1.82) is 0 Å². The van der Waals surface area contributed by atoms with E-state index in [0.29, 0.717) is 4.64 Å². The summed E-state index contributed by atoms with van der Waals surface area (Å²) in [6.45, 7) is 2.09. The molecule has 0 amide bonds. The van der Waals surface area contributed by atoms with Crippen LogP contribution in [0.1, 0.15) is 12.6 Å². The third kappa shape index (κ3) is 2.30. The molecule has 1 heterocycles. The number of aryl methyl sites for hydroxylation is 1. The Morgan fingerprint density at radius 1 is 1.27 bits per heavy atom. The Morgan fingerprint density at radius 3 is 2.67 bits per heavy atom. The van der Waals surface area contributed by atoms with E-state index >= 15 is 0 Å². The molecule has 1 aromatic heterocycles. The van der Waals surface area contributed by atoms with Gasteiger partial charge in [-0.3, -0.25) is 0 Å². The average Bonchev–Trinajstić information content (AvgIpc) is 2.29. The van der Waals surface area contributed by atoms with Crippen LogP contribution in [0.5, 0.6) is 0 Å². The first-order valence-electron chi connectivity index (χ1n) is 4.95. The van der Waals surface area contributed by atoms with Crippen molar-refractivity contribution in [1.82, 2.24) is 9.97 Å². The number of H-pyrrole nitrogens is 1. The van der Waals surface area contributed by atoms with Gasteiger partial charge in [0, 0.05) is 11.3 Å². The van der Waals surface area contributed by atoms with E-state index in [2.05, 4.69) is 16.9 Å². The average molecular weight is 216 g/mol. The molecule has 0 saturated heterocycles. The van der Waals surface area contributed by atoms with Crippen LogP contribution in [0, 0.1) is 4.64 Å². The number of aromatic amines is 1. The predicted octanol–water partition coefficient (Wildman–Crippen LogP) is 3.37. The lowest BCUT2D eigenvalue weighted by atomic mass is 10.2. The van der Waals surface area contributed by atoms with Crippen molar-refractivity contribution in [2.75, 3.05) is 0 Å².